The molecule has 0 aromatic carbocycles. The summed E-state index contributed by atoms with van der Waals surface area (Å²) in [7, 11) is -1.95. The third-order valence-corrected chi connectivity index (χ3v) is 5.62. The molecule has 0 aromatic rings. The molecule has 2 nitrogen and oxygen atoms in total. The number of alkyl halides is 17. The minimum Gasteiger partial charge on any atom is -0.212 e. The van der Waals surface area contributed by atoms with Crippen LogP contribution in [0.25, 0.3) is 0 Å². The second-order valence-corrected chi connectivity index (χ2v) is 8.63. The molecule has 0 fully saturated rings. The van der Waals surface area contributed by atoms with Crippen LogP contribution in [0.5, 0.6) is 0 Å². The van der Waals surface area contributed by atoms with E-state index in [2.05, 4.69) is 10.7 Å². The Morgan fingerprint density at radius 1 is 0.516 bits per heavy atom. The Morgan fingerprint density at radius 2 is 0.742 bits per heavy atom. The summed E-state index contributed by atoms with van der Waals surface area (Å²) in [6.45, 7) is -0.658. The van der Waals surface area contributed by atoms with Gasteiger partial charge in [0.05, 0.1) is 0 Å². The van der Waals surface area contributed by atoms with Gasteiger partial charge in [-0.1, -0.05) is 0 Å². The molecule has 0 aliphatic heterocycles. The summed E-state index contributed by atoms with van der Waals surface area (Å²) >= 11 is 0. The van der Waals surface area contributed by atoms with Crippen LogP contribution >= 0.6 is 10.7 Å². The van der Waals surface area contributed by atoms with E-state index in [1.165, 1.54) is 0 Å². The highest BCUT2D eigenvalue weighted by molar-refractivity contribution is 8.14. The highest BCUT2D eigenvalue weighted by atomic mass is 35.7. The lowest BCUT2D eigenvalue weighted by Gasteiger charge is -2.43. The first-order valence-electron chi connectivity index (χ1n) is 6.55. The van der Waals surface area contributed by atoms with Crippen molar-refractivity contribution in [1.82, 2.24) is 0 Å². The monoisotopic (exact) mass is 546 g/mol. The lowest BCUT2D eigenvalue weighted by Crippen LogP contribution is -2.75. The van der Waals surface area contributed by atoms with Gasteiger partial charge in [0.2, 0.25) is 9.05 Å². The molecule has 1 unspecified atom stereocenters. The molecule has 0 amide bonds. The van der Waals surface area contributed by atoms with Crippen molar-refractivity contribution < 1.29 is 83.1 Å². The fourth-order valence-corrected chi connectivity index (χ4v) is 2.45. The van der Waals surface area contributed by atoms with E-state index in [9.17, 15) is 83.1 Å². The molecular weight excluding hydrogens is 543 g/mol. The van der Waals surface area contributed by atoms with Crippen molar-refractivity contribution >= 4 is 19.7 Å². The summed E-state index contributed by atoms with van der Waals surface area (Å²) in [4.78, 5) is 0. The zero-order valence-electron chi connectivity index (χ0n) is 13.6. The van der Waals surface area contributed by atoms with Crippen molar-refractivity contribution in [1.29, 1.82) is 0 Å². The van der Waals surface area contributed by atoms with Crippen molar-refractivity contribution in [3.05, 3.63) is 0 Å². The van der Waals surface area contributed by atoms with Crippen LogP contribution in [0.2, 0.25) is 0 Å². The Labute approximate surface area is 163 Å². The molecule has 0 saturated carbocycles. The van der Waals surface area contributed by atoms with E-state index in [0.717, 1.165) is 0 Å². The Balaban J connectivity index is 6.91. The van der Waals surface area contributed by atoms with E-state index < -0.39 is 68.9 Å². The molecule has 0 aromatic heterocycles. The average Bonchev–Trinajstić information content (AvgIpc) is 2.50. The summed E-state index contributed by atoms with van der Waals surface area (Å²) < 4.78 is 241. The Bertz CT molecular complexity index is 783. The standard InChI is InChI=1S/C10H4ClF17O2S/c1-2(31(11,29)30)3(12,13)4(14,15)5(16,17)6(18,19)7(20,21)8(22,23)9(24,25)10(26,27)28/h2H,1H3. The number of hydrogen-bond acceptors (Lipinski definition) is 2. The van der Waals surface area contributed by atoms with Gasteiger partial charge in [0.15, 0.2) is 0 Å². The van der Waals surface area contributed by atoms with Gasteiger partial charge in [0.25, 0.3) is 0 Å². The van der Waals surface area contributed by atoms with Gasteiger partial charge in [0.1, 0.15) is 5.25 Å². The highest BCUT2D eigenvalue weighted by Crippen LogP contribution is 2.64. The third kappa shape index (κ3) is 3.88. The van der Waals surface area contributed by atoms with Crippen molar-refractivity contribution in [3.63, 3.8) is 0 Å². The second-order valence-electron chi connectivity index (χ2n) is 5.68. The van der Waals surface area contributed by atoms with E-state index in [0.29, 0.717) is 0 Å². The first-order chi connectivity index (χ1) is 12.9. The smallest absolute Gasteiger partial charge is 0.212 e. The zero-order chi connectivity index (χ0) is 26.1. The summed E-state index contributed by atoms with van der Waals surface area (Å²) in [6, 6.07) is 0. The van der Waals surface area contributed by atoms with Crippen LogP contribution in [0.3, 0.4) is 0 Å². The molecular formula is C10H4ClF17O2S. The normalized spacial score (nSPS) is 17.6. The second kappa shape index (κ2) is 7.28. The molecule has 0 saturated heterocycles. The lowest BCUT2D eigenvalue weighted by atomic mass is 9.88. The summed E-state index contributed by atoms with van der Waals surface area (Å²) in [5.41, 5.74) is 0. The first-order valence-corrected chi connectivity index (χ1v) is 8.92. The predicted octanol–water partition coefficient (Wildman–Crippen LogP) is 5.95. The van der Waals surface area contributed by atoms with E-state index >= 15 is 0 Å². The van der Waals surface area contributed by atoms with Crippen LogP contribution < -0.4 is 0 Å². The molecule has 188 valence electrons. The predicted molar refractivity (Wildman–Crippen MR) is 64.9 cm³/mol. The quantitative estimate of drug-likeness (QED) is 0.279. The lowest BCUT2D eigenvalue weighted by molar-refractivity contribution is -0.461. The van der Waals surface area contributed by atoms with Gasteiger partial charge < -0.3 is 0 Å². The molecule has 0 radical (unpaired) electrons. The molecule has 31 heavy (non-hydrogen) atoms. The topological polar surface area (TPSA) is 34.1 Å². The summed E-state index contributed by atoms with van der Waals surface area (Å²) in [6.07, 6.45) is -7.85. The molecule has 0 spiro atoms. The molecule has 0 aliphatic carbocycles. The van der Waals surface area contributed by atoms with Gasteiger partial charge in [-0.3, -0.25) is 0 Å². The minimum absolute atomic E-state index is 0.658. The minimum atomic E-state index is -8.77. The Morgan fingerprint density at radius 3 is 0.968 bits per heavy atom. The number of halogens is 18. The van der Waals surface area contributed by atoms with Crippen LogP contribution in [-0.4, -0.2) is 61.3 Å². The summed E-state index contributed by atoms with van der Waals surface area (Å²) in [5, 5.41) is -4.32. The molecule has 0 heterocycles. The van der Waals surface area contributed by atoms with E-state index in [1.807, 2.05) is 0 Å². The molecule has 0 N–H and O–H groups in total. The van der Waals surface area contributed by atoms with Crippen molar-refractivity contribution in [2.45, 2.75) is 59.8 Å². The van der Waals surface area contributed by atoms with Gasteiger partial charge in [-0.25, -0.2) is 8.42 Å². The van der Waals surface area contributed by atoms with Gasteiger partial charge in [-0.05, 0) is 6.92 Å². The van der Waals surface area contributed by atoms with Crippen LogP contribution in [0.1, 0.15) is 6.92 Å². The SMILES string of the molecule is CC(C(F)(F)C(F)(F)C(F)(F)C(F)(F)C(F)(F)C(F)(F)C(F)(F)C(F)(F)F)S(=O)(=O)Cl. The number of rotatable bonds is 8. The maximum absolute atomic E-state index is 13.4. The van der Waals surface area contributed by atoms with E-state index in [4.69, 9.17) is 0 Å². The van der Waals surface area contributed by atoms with Crippen LogP contribution in [0, 0.1) is 0 Å². The highest BCUT2D eigenvalue weighted by Gasteiger charge is 2.95. The first kappa shape index (κ1) is 30.0. The maximum Gasteiger partial charge on any atom is 0.460 e. The summed E-state index contributed by atoms with van der Waals surface area (Å²) in [5.74, 6) is -58.1. The van der Waals surface area contributed by atoms with Crippen LogP contribution in [-0.2, 0) is 9.05 Å². The van der Waals surface area contributed by atoms with Gasteiger partial charge in [-0.2, -0.15) is 74.6 Å². The number of hydrogen-bond donors (Lipinski definition) is 0. The van der Waals surface area contributed by atoms with Crippen molar-refractivity contribution in [2.75, 3.05) is 0 Å². The largest absolute Gasteiger partial charge is 0.460 e. The van der Waals surface area contributed by atoms with E-state index in [-0.39, 0.29) is 0 Å². The Kier molecular flexibility index (Phi) is 7.05. The van der Waals surface area contributed by atoms with Crippen molar-refractivity contribution in [3.8, 4) is 0 Å². The molecule has 1 atom stereocenters. The fourth-order valence-electron chi connectivity index (χ4n) is 1.61. The average molecular weight is 547 g/mol. The van der Waals surface area contributed by atoms with Gasteiger partial charge in [-0.15, -0.1) is 0 Å². The van der Waals surface area contributed by atoms with Crippen molar-refractivity contribution in [2.24, 2.45) is 0 Å². The molecule has 0 bridgehead atoms. The van der Waals surface area contributed by atoms with Crippen LogP contribution in [0.4, 0.5) is 74.6 Å². The molecule has 0 aliphatic rings. The Hall–Kier alpha value is -0.950. The van der Waals surface area contributed by atoms with Crippen LogP contribution in [0.15, 0.2) is 0 Å². The zero-order valence-corrected chi connectivity index (χ0v) is 15.2. The fraction of sp³-hybridized carbons (Fsp3) is 1.00. The van der Waals surface area contributed by atoms with E-state index in [1.54, 1.807) is 0 Å². The molecule has 0 rings (SSSR count). The van der Waals surface area contributed by atoms with Gasteiger partial charge >= 0.3 is 47.6 Å². The van der Waals surface area contributed by atoms with Gasteiger partial charge in [0, 0.05) is 10.7 Å². The molecule has 21 heteroatoms. The maximum atomic E-state index is 13.4. The third-order valence-electron chi connectivity index (χ3n) is 3.68.